The normalized spacial score (nSPS) is 17.6. The number of fused-ring (bicyclic) bond motifs is 3. The van der Waals surface area contributed by atoms with E-state index in [9.17, 15) is 5.11 Å². The number of thiophene rings is 1. The van der Waals surface area contributed by atoms with E-state index >= 15 is 0 Å². The van der Waals surface area contributed by atoms with Gasteiger partial charge in [-0.15, -0.1) is 11.3 Å². The summed E-state index contributed by atoms with van der Waals surface area (Å²) in [7, 11) is 2.03. The average Bonchev–Trinajstić information content (AvgIpc) is 3.45. The summed E-state index contributed by atoms with van der Waals surface area (Å²) in [4.78, 5) is 5.38. The third-order valence-corrected chi connectivity index (χ3v) is 7.74. The molecule has 1 aromatic carbocycles. The third kappa shape index (κ3) is 3.08. The van der Waals surface area contributed by atoms with Crippen molar-refractivity contribution in [3.8, 4) is 16.9 Å². The Bertz CT molecular complexity index is 1330. The summed E-state index contributed by atoms with van der Waals surface area (Å²) in [5, 5.41) is 15.1. The lowest BCUT2D eigenvalue weighted by Gasteiger charge is -2.17. The number of halogens is 1. The fraction of sp³-hybridized carbons (Fsp3) is 0.333. The molecule has 2 aliphatic rings. The van der Waals surface area contributed by atoms with Crippen LogP contribution < -0.4 is 4.74 Å². The average molecular weight is 452 g/mol. The smallest absolute Gasteiger partial charge is 0.145 e. The minimum absolute atomic E-state index is 0.0122. The Labute approximate surface area is 189 Å². The van der Waals surface area contributed by atoms with Crippen molar-refractivity contribution in [1.29, 1.82) is 0 Å². The van der Waals surface area contributed by atoms with Gasteiger partial charge in [0.1, 0.15) is 11.9 Å². The number of aryl methyl sites for hydroxylation is 2. The van der Waals surface area contributed by atoms with Gasteiger partial charge in [-0.05, 0) is 49.9 Å². The zero-order valence-electron chi connectivity index (χ0n) is 17.2. The Morgan fingerprint density at radius 2 is 2.10 bits per heavy atom. The van der Waals surface area contributed by atoms with Gasteiger partial charge in [0.15, 0.2) is 0 Å². The minimum atomic E-state index is -0.0553. The second-order valence-electron chi connectivity index (χ2n) is 8.34. The second kappa shape index (κ2) is 7.33. The van der Waals surface area contributed by atoms with Crippen molar-refractivity contribution >= 4 is 33.2 Å². The number of hydrogen-bond donors (Lipinski definition) is 1. The Hall–Kier alpha value is -2.41. The molecule has 6 rings (SSSR count). The largest absolute Gasteiger partial charge is 0.483 e. The summed E-state index contributed by atoms with van der Waals surface area (Å²) in [6.45, 7) is 0.0122. The zero-order valence-corrected chi connectivity index (χ0v) is 18.8. The van der Waals surface area contributed by atoms with Gasteiger partial charge in [0.2, 0.25) is 0 Å². The van der Waals surface area contributed by atoms with Crippen LogP contribution in [-0.2, 0) is 32.9 Å². The summed E-state index contributed by atoms with van der Waals surface area (Å²) < 4.78 is 9.70. The van der Waals surface area contributed by atoms with Crippen LogP contribution in [0.4, 0.5) is 0 Å². The maximum Gasteiger partial charge on any atom is 0.145 e. The van der Waals surface area contributed by atoms with Gasteiger partial charge in [-0.2, -0.15) is 5.10 Å². The highest BCUT2D eigenvalue weighted by molar-refractivity contribution is 7.19. The molecular weight excluding hydrogens is 430 g/mol. The van der Waals surface area contributed by atoms with Gasteiger partial charge in [0.05, 0.1) is 28.2 Å². The molecule has 4 aromatic rings. The van der Waals surface area contributed by atoms with E-state index in [1.54, 1.807) is 11.3 Å². The molecule has 3 aromatic heterocycles. The lowest BCUT2D eigenvalue weighted by molar-refractivity contribution is 0.226. The van der Waals surface area contributed by atoms with Crippen LogP contribution in [0.25, 0.3) is 21.3 Å². The van der Waals surface area contributed by atoms with Crippen LogP contribution in [0.2, 0.25) is 5.02 Å². The Kier molecular flexibility index (Phi) is 4.56. The van der Waals surface area contributed by atoms with Crippen molar-refractivity contribution in [2.24, 2.45) is 7.05 Å². The molecule has 158 valence electrons. The number of rotatable bonds is 3. The SMILES string of the molecule is Cn1nc2c(c1[C@H]1Cc3cc(Cl)cc(-c4ccnc5cc(CO)sc45)c3O1)CCCC2. The number of aliphatic hydroxyl groups is 1. The molecule has 0 spiro atoms. The van der Waals surface area contributed by atoms with E-state index in [1.165, 1.54) is 29.8 Å². The number of hydrogen-bond acceptors (Lipinski definition) is 5. The lowest BCUT2D eigenvalue weighted by Crippen LogP contribution is -2.12. The quantitative estimate of drug-likeness (QED) is 0.453. The molecule has 7 heteroatoms. The van der Waals surface area contributed by atoms with Crippen LogP contribution in [0.1, 0.15) is 46.3 Å². The molecule has 0 amide bonds. The Morgan fingerprint density at radius 3 is 2.97 bits per heavy atom. The van der Waals surface area contributed by atoms with Gasteiger partial charge in [0, 0.05) is 51.8 Å². The van der Waals surface area contributed by atoms with Crippen LogP contribution in [0.15, 0.2) is 30.5 Å². The first kappa shape index (κ1) is 19.3. The first-order chi connectivity index (χ1) is 15.1. The van der Waals surface area contributed by atoms with E-state index in [1.807, 2.05) is 42.2 Å². The van der Waals surface area contributed by atoms with E-state index in [0.29, 0.717) is 5.02 Å². The number of aliphatic hydroxyl groups excluding tert-OH is 1. The summed E-state index contributed by atoms with van der Waals surface area (Å²) in [6.07, 6.45) is 7.10. The standard InChI is InChI=1S/C24H22ClN3O2S/c1-28-22(17-4-2-3-5-19(17)27-28)21-9-13-8-14(25)10-18(23(13)30-21)16-6-7-26-20-11-15(12-29)31-24(16)20/h6-8,10-11,21,29H,2-5,9,12H2,1H3/t21-/m1/s1. The summed E-state index contributed by atoms with van der Waals surface area (Å²) >= 11 is 8.12. The van der Waals surface area contributed by atoms with Crippen molar-refractivity contribution in [1.82, 2.24) is 14.8 Å². The minimum Gasteiger partial charge on any atom is -0.483 e. The maximum absolute atomic E-state index is 9.59. The highest BCUT2D eigenvalue weighted by Gasteiger charge is 2.33. The molecule has 0 fully saturated rings. The fourth-order valence-corrected chi connectivity index (χ4v) is 6.31. The van der Waals surface area contributed by atoms with Crippen molar-refractivity contribution in [2.45, 2.75) is 44.8 Å². The highest BCUT2D eigenvalue weighted by Crippen LogP contribution is 2.48. The molecule has 1 aliphatic heterocycles. The number of ether oxygens (including phenoxy) is 1. The molecule has 5 nitrogen and oxygen atoms in total. The van der Waals surface area contributed by atoms with Gasteiger partial charge in [-0.25, -0.2) is 0 Å². The number of benzene rings is 1. The maximum atomic E-state index is 9.59. The monoisotopic (exact) mass is 451 g/mol. The van der Waals surface area contributed by atoms with E-state index in [-0.39, 0.29) is 12.7 Å². The molecule has 0 unspecified atom stereocenters. The summed E-state index contributed by atoms with van der Waals surface area (Å²) in [5.74, 6) is 0.895. The highest BCUT2D eigenvalue weighted by atomic mass is 35.5. The molecule has 1 N–H and O–H groups in total. The number of pyridine rings is 1. The van der Waals surface area contributed by atoms with E-state index in [4.69, 9.17) is 21.4 Å². The van der Waals surface area contributed by atoms with Crippen molar-refractivity contribution in [3.63, 3.8) is 0 Å². The topological polar surface area (TPSA) is 60.2 Å². The molecule has 0 saturated heterocycles. The predicted molar refractivity (Wildman–Crippen MR) is 123 cm³/mol. The molecule has 0 saturated carbocycles. The third-order valence-electron chi connectivity index (χ3n) is 6.38. The Morgan fingerprint density at radius 1 is 1.23 bits per heavy atom. The summed E-state index contributed by atoms with van der Waals surface area (Å²) in [5.41, 5.74) is 7.84. The van der Waals surface area contributed by atoms with E-state index < -0.39 is 0 Å². The van der Waals surface area contributed by atoms with Crippen LogP contribution in [0.3, 0.4) is 0 Å². The van der Waals surface area contributed by atoms with Gasteiger partial charge in [-0.1, -0.05) is 11.6 Å². The van der Waals surface area contributed by atoms with Gasteiger partial charge >= 0.3 is 0 Å². The molecule has 1 aliphatic carbocycles. The molecule has 0 bridgehead atoms. The second-order valence-corrected chi connectivity index (χ2v) is 9.91. The zero-order chi connectivity index (χ0) is 21.1. The first-order valence-electron chi connectivity index (χ1n) is 10.6. The van der Waals surface area contributed by atoms with Gasteiger partial charge < -0.3 is 9.84 Å². The van der Waals surface area contributed by atoms with Crippen molar-refractivity contribution < 1.29 is 9.84 Å². The van der Waals surface area contributed by atoms with E-state index in [0.717, 1.165) is 56.8 Å². The molecular formula is C24H22ClN3O2S. The van der Waals surface area contributed by atoms with Crippen LogP contribution in [0.5, 0.6) is 5.75 Å². The van der Waals surface area contributed by atoms with Gasteiger partial charge in [-0.3, -0.25) is 9.67 Å². The Balaban J connectivity index is 1.47. The predicted octanol–water partition coefficient (Wildman–Crippen LogP) is 5.40. The van der Waals surface area contributed by atoms with Crippen LogP contribution >= 0.6 is 22.9 Å². The van der Waals surface area contributed by atoms with Crippen LogP contribution in [0, 0.1) is 0 Å². The molecule has 0 radical (unpaired) electrons. The van der Waals surface area contributed by atoms with Crippen molar-refractivity contribution in [3.05, 3.63) is 62.9 Å². The van der Waals surface area contributed by atoms with Gasteiger partial charge in [0.25, 0.3) is 0 Å². The van der Waals surface area contributed by atoms with Crippen molar-refractivity contribution in [2.75, 3.05) is 0 Å². The number of aromatic nitrogens is 3. The van der Waals surface area contributed by atoms with E-state index in [2.05, 4.69) is 4.98 Å². The van der Waals surface area contributed by atoms with Crippen LogP contribution in [-0.4, -0.2) is 19.9 Å². The lowest BCUT2D eigenvalue weighted by atomic mass is 9.93. The first-order valence-corrected chi connectivity index (χ1v) is 11.8. The molecule has 1 atom stereocenters. The number of nitrogens with zero attached hydrogens (tertiary/aromatic N) is 3. The molecule has 4 heterocycles. The molecule has 31 heavy (non-hydrogen) atoms. The fourth-order valence-electron chi connectivity index (χ4n) is 5.06. The summed E-state index contributed by atoms with van der Waals surface area (Å²) in [6, 6.07) is 7.96.